The van der Waals surface area contributed by atoms with Crippen LogP contribution in [0.2, 0.25) is 5.02 Å². The van der Waals surface area contributed by atoms with Crippen molar-refractivity contribution in [1.82, 2.24) is 0 Å². The van der Waals surface area contributed by atoms with E-state index in [4.69, 9.17) is 16.4 Å². The molecule has 0 saturated carbocycles. The van der Waals surface area contributed by atoms with E-state index in [0.717, 1.165) is 5.56 Å². The van der Waals surface area contributed by atoms with Crippen molar-refractivity contribution in [2.24, 2.45) is 5.16 Å². The Bertz CT molecular complexity index is 585. The minimum Gasteiger partial charge on any atom is -0.390 e. The first-order valence-electron chi connectivity index (χ1n) is 5.86. The van der Waals surface area contributed by atoms with Crippen molar-refractivity contribution in [3.05, 3.63) is 70.2 Å². The van der Waals surface area contributed by atoms with Gasteiger partial charge in [0.25, 0.3) is 6.43 Å². The summed E-state index contributed by atoms with van der Waals surface area (Å²) in [4.78, 5) is 5.05. The maximum atomic E-state index is 12.4. The molecule has 0 aliphatic heterocycles. The number of benzene rings is 2. The molecule has 20 heavy (non-hydrogen) atoms. The second-order valence-corrected chi connectivity index (χ2v) is 4.41. The van der Waals surface area contributed by atoms with E-state index in [1.54, 1.807) is 30.3 Å². The van der Waals surface area contributed by atoms with E-state index in [2.05, 4.69) is 11.4 Å². The summed E-state index contributed by atoms with van der Waals surface area (Å²) in [7, 11) is 0. The van der Waals surface area contributed by atoms with Crippen molar-refractivity contribution in [2.75, 3.05) is 0 Å². The Kier molecular flexibility index (Phi) is 5.07. The number of rotatable bonds is 5. The second kappa shape index (κ2) is 7.01. The zero-order valence-corrected chi connectivity index (χ0v) is 11.1. The summed E-state index contributed by atoms with van der Waals surface area (Å²) in [6.45, 7) is 0.182. The van der Waals surface area contributed by atoms with Crippen LogP contribution in [0.5, 0.6) is 0 Å². The van der Waals surface area contributed by atoms with Gasteiger partial charge < -0.3 is 4.84 Å². The van der Waals surface area contributed by atoms with Gasteiger partial charge in [-0.3, -0.25) is 0 Å². The minimum atomic E-state index is -2.46. The molecule has 0 N–H and O–H groups in total. The lowest BCUT2D eigenvalue weighted by molar-refractivity contribution is 0.131. The van der Waals surface area contributed by atoms with Gasteiger partial charge in [-0.2, -0.15) is 0 Å². The van der Waals surface area contributed by atoms with E-state index in [1.807, 2.05) is 6.07 Å². The van der Waals surface area contributed by atoms with Crippen LogP contribution in [0.1, 0.15) is 23.1 Å². The Morgan fingerprint density at radius 1 is 1.10 bits per heavy atom. The molecule has 0 unspecified atom stereocenters. The molecule has 0 fully saturated rings. The predicted octanol–water partition coefficient (Wildman–Crippen LogP) is 4.71. The van der Waals surface area contributed by atoms with E-state index in [-0.39, 0.29) is 12.2 Å². The summed E-state index contributed by atoms with van der Waals surface area (Å²) in [5.41, 5.74) is 1.36. The molecule has 0 spiro atoms. The van der Waals surface area contributed by atoms with Crippen molar-refractivity contribution >= 4 is 17.8 Å². The summed E-state index contributed by atoms with van der Waals surface area (Å²) in [6.07, 6.45) is 0.202. The van der Waals surface area contributed by atoms with Crippen molar-refractivity contribution in [1.29, 1.82) is 0 Å². The van der Waals surface area contributed by atoms with Crippen molar-refractivity contribution in [2.45, 2.75) is 13.0 Å². The topological polar surface area (TPSA) is 21.6 Å². The molecule has 0 aliphatic carbocycles. The third-order valence-electron chi connectivity index (χ3n) is 2.57. The normalized spacial score (nSPS) is 11.2. The highest BCUT2D eigenvalue weighted by atomic mass is 35.5. The van der Waals surface area contributed by atoms with E-state index >= 15 is 0 Å². The predicted molar refractivity (Wildman–Crippen MR) is 74.2 cm³/mol. The molecular formula is C15H11ClF2NO. The Balaban J connectivity index is 1.88. The third-order valence-corrected chi connectivity index (χ3v) is 2.90. The van der Waals surface area contributed by atoms with Crippen LogP contribution in [0.15, 0.2) is 53.7 Å². The van der Waals surface area contributed by atoms with Gasteiger partial charge in [0, 0.05) is 11.1 Å². The maximum Gasteiger partial charge on any atom is 0.263 e. The molecule has 0 heterocycles. The minimum absolute atomic E-state index is 0.0140. The van der Waals surface area contributed by atoms with E-state index < -0.39 is 6.43 Å². The van der Waals surface area contributed by atoms with Gasteiger partial charge in [0.2, 0.25) is 0 Å². The summed E-state index contributed by atoms with van der Waals surface area (Å²) >= 11 is 5.92. The molecule has 0 aliphatic rings. The van der Waals surface area contributed by atoms with Crippen LogP contribution in [-0.2, 0) is 11.4 Å². The zero-order chi connectivity index (χ0) is 14.4. The van der Waals surface area contributed by atoms with Gasteiger partial charge in [-0.05, 0) is 11.6 Å². The van der Waals surface area contributed by atoms with Crippen LogP contribution in [-0.4, -0.2) is 6.21 Å². The van der Waals surface area contributed by atoms with Crippen LogP contribution in [0, 0.1) is 0 Å². The highest BCUT2D eigenvalue weighted by Gasteiger charge is 2.05. The Morgan fingerprint density at radius 2 is 1.80 bits per heavy atom. The number of nitrogens with zero attached hydrogens (tertiary/aromatic N) is 1. The van der Waals surface area contributed by atoms with Crippen molar-refractivity contribution < 1.29 is 13.6 Å². The number of hydrogen-bond acceptors (Lipinski definition) is 2. The molecular weight excluding hydrogens is 284 g/mol. The van der Waals surface area contributed by atoms with Crippen LogP contribution in [0.25, 0.3) is 0 Å². The van der Waals surface area contributed by atoms with Crippen LogP contribution >= 0.6 is 11.6 Å². The molecule has 1 radical (unpaired) electrons. The van der Waals surface area contributed by atoms with Gasteiger partial charge in [-0.25, -0.2) is 8.78 Å². The zero-order valence-electron chi connectivity index (χ0n) is 10.4. The fourth-order valence-electron chi connectivity index (χ4n) is 1.50. The number of halogens is 3. The van der Waals surface area contributed by atoms with Crippen molar-refractivity contribution in [3.8, 4) is 0 Å². The van der Waals surface area contributed by atoms with Gasteiger partial charge in [-0.15, -0.1) is 0 Å². The summed E-state index contributed by atoms with van der Waals surface area (Å²) < 4.78 is 24.7. The summed E-state index contributed by atoms with van der Waals surface area (Å²) in [6, 6.07) is 13.0. The number of hydrogen-bond donors (Lipinski definition) is 0. The first kappa shape index (κ1) is 14.5. The van der Waals surface area contributed by atoms with E-state index in [0.29, 0.717) is 10.6 Å². The molecule has 2 rings (SSSR count). The average Bonchev–Trinajstić information content (AvgIpc) is 2.46. The molecule has 2 aromatic carbocycles. The fourth-order valence-corrected chi connectivity index (χ4v) is 1.68. The first-order valence-corrected chi connectivity index (χ1v) is 6.24. The Morgan fingerprint density at radius 3 is 2.45 bits per heavy atom. The lowest BCUT2D eigenvalue weighted by Gasteiger charge is -2.02. The Hall–Kier alpha value is -1.94. The molecule has 2 aromatic rings. The second-order valence-electron chi connectivity index (χ2n) is 4.00. The molecule has 0 atom stereocenters. The number of alkyl halides is 2. The molecule has 2 nitrogen and oxygen atoms in total. The SMILES string of the molecule is FC(F)c1ccc(CO/N=[C]\c2ccccc2Cl)cc1. The Labute approximate surface area is 120 Å². The van der Waals surface area contributed by atoms with Gasteiger partial charge in [0.1, 0.15) is 12.8 Å². The van der Waals surface area contributed by atoms with Gasteiger partial charge in [-0.1, -0.05) is 59.2 Å². The fraction of sp³-hybridized carbons (Fsp3) is 0.133. The summed E-state index contributed by atoms with van der Waals surface area (Å²) in [5.74, 6) is 0. The molecule has 0 amide bonds. The monoisotopic (exact) mass is 294 g/mol. The largest absolute Gasteiger partial charge is 0.390 e. The molecule has 5 heteroatoms. The lowest BCUT2D eigenvalue weighted by Crippen LogP contribution is -1.90. The van der Waals surface area contributed by atoms with E-state index in [1.165, 1.54) is 12.1 Å². The van der Waals surface area contributed by atoms with Gasteiger partial charge in [0.05, 0.1) is 5.02 Å². The molecule has 103 valence electrons. The van der Waals surface area contributed by atoms with Gasteiger partial charge in [0.15, 0.2) is 0 Å². The quantitative estimate of drug-likeness (QED) is 0.578. The van der Waals surface area contributed by atoms with Crippen LogP contribution < -0.4 is 0 Å². The molecule has 0 saturated heterocycles. The average molecular weight is 295 g/mol. The highest BCUT2D eigenvalue weighted by Crippen LogP contribution is 2.19. The van der Waals surface area contributed by atoms with Crippen LogP contribution in [0.3, 0.4) is 0 Å². The highest BCUT2D eigenvalue weighted by molar-refractivity contribution is 6.33. The van der Waals surface area contributed by atoms with Crippen LogP contribution in [0.4, 0.5) is 8.78 Å². The third kappa shape index (κ3) is 4.03. The lowest BCUT2D eigenvalue weighted by atomic mass is 10.1. The molecule has 0 bridgehead atoms. The smallest absolute Gasteiger partial charge is 0.263 e. The summed E-state index contributed by atoms with van der Waals surface area (Å²) in [5, 5.41) is 4.20. The van der Waals surface area contributed by atoms with Crippen molar-refractivity contribution in [3.63, 3.8) is 0 Å². The van der Waals surface area contributed by atoms with E-state index in [9.17, 15) is 8.78 Å². The maximum absolute atomic E-state index is 12.4. The molecule has 0 aromatic heterocycles. The first-order chi connectivity index (χ1) is 9.66. The standard InChI is InChI=1S/C15H11ClF2NO/c16-14-4-2-1-3-13(14)9-19-20-10-11-5-7-12(8-6-11)15(17)18/h1-8,15H,10H2. The van der Waals surface area contributed by atoms with Gasteiger partial charge >= 0.3 is 0 Å².